The number of benzene rings is 1. The number of carbonyl (C=O) groups is 2. The van der Waals surface area contributed by atoms with Gasteiger partial charge >= 0.3 is 12.2 Å². The van der Waals surface area contributed by atoms with Gasteiger partial charge < -0.3 is 9.47 Å². The van der Waals surface area contributed by atoms with E-state index in [1.165, 1.54) is 6.42 Å². The first-order valence-electron chi connectivity index (χ1n) is 13.5. The van der Waals surface area contributed by atoms with Gasteiger partial charge in [-0.2, -0.15) is 0 Å². The number of carbonyl (C=O) groups excluding carboxylic acids is 2. The molecule has 0 radical (unpaired) electrons. The van der Waals surface area contributed by atoms with Crippen molar-refractivity contribution < 1.29 is 19.1 Å². The molecule has 5 atom stereocenters. The number of aromatic nitrogens is 1. The molecule has 2 aliphatic heterocycles. The molecule has 2 aromatic rings. The number of fused-ring (bicyclic) bond motifs is 6. The molecule has 1 aliphatic carbocycles. The molecule has 6 nitrogen and oxygen atoms in total. The van der Waals surface area contributed by atoms with Crippen molar-refractivity contribution in [2.75, 3.05) is 0 Å². The minimum atomic E-state index is -0.554. The van der Waals surface area contributed by atoms with Crippen LogP contribution in [0.4, 0.5) is 9.59 Å². The molecule has 1 aromatic heterocycles. The van der Waals surface area contributed by atoms with Crippen molar-refractivity contribution in [3.63, 3.8) is 0 Å². The number of rotatable bonds is 2. The molecule has 0 N–H and O–H groups in total. The van der Waals surface area contributed by atoms with Crippen LogP contribution in [-0.4, -0.2) is 39.4 Å². The lowest BCUT2D eigenvalue weighted by Crippen LogP contribution is -2.45. The molecule has 1 saturated heterocycles. The summed E-state index contributed by atoms with van der Waals surface area (Å²) < 4.78 is 14.9. The molecule has 1 saturated carbocycles. The molecule has 0 spiro atoms. The van der Waals surface area contributed by atoms with Gasteiger partial charge in [0.05, 0.1) is 11.6 Å². The van der Waals surface area contributed by atoms with Gasteiger partial charge in [0.2, 0.25) is 0 Å². The van der Waals surface area contributed by atoms with E-state index in [1.54, 1.807) is 0 Å². The molecule has 3 heterocycles. The second-order valence-electron chi connectivity index (χ2n) is 12.4. The lowest BCUT2D eigenvalue weighted by atomic mass is 9.75. The topological polar surface area (TPSA) is 60.8 Å². The van der Waals surface area contributed by atoms with Gasteiger partial charge in [-0.3, -0.25) is 4.90 Å². The summed E-state index contributed by atoms with van der Waals surface area (Å²) in [4.78, 5) is 29.0. The number of amides is 1. The molecular weight excluding hydrogens is 520 g/mol. The minimum Gasteiger partial charge on any atom is -0.445 e. The van der Waals surface area contributed by atoms with Crippen molar-refractivity contribution in [3.8, 4) is 0 Å². The normalized spacial score (nSPS) is 27.9. The lowest BCUT2D eigenvalue weighted by Gasteiger charge is -2.37. The molecule has 3 aliphatic rings. The van der Waals surface area contributed by atoms with Gasteiger partial charge in [0.15, 0.2) is 0 Å². The highest BCUT2D eigenvalue weighted by molar-refractivity contribution is 9.10. The second-order valence-corrected chi connectivity index (χ2v) is 13.4. The molecule has 196 valence electrons. The summed E-state index contributed by atoms with van der Waals surface area (Å²) in [7, 11) is 0. The van der Waals surface area contributed by atoms with Crippen LogP contribution in [0, 0.1) is 17.8 Å². The number of ether oxygens (including phenoxy) is 2. The fourth-order valence-electron chi connectivity index (χ4n) is 6.74. The molecular formula is C29H39BrN2O4. The maximum atomic E-state index is 13.9. The van der Waals surface area contributed by atoms with E-state index in [2.05, 4.69) is 42.8 Å². The summed E-state index contributed by atoms with van der Waals surface area (Å²) in [6.07, 6.45) is 4.99. The number of hydrogen-bond acceptors (Lipinski definition) is 4. The van der Waals surface area contributed by atoms with Gasteiger partial charge in [-0.1, -0.05) is 43.1 Å². The van der Waals surface area contributed by atoms with Gasteiger partial charge in [-0.05, 0) is 82.4 Å². The highest BCUT2D eigenvalue weighted by atomic mass is 79.9. The van der Waals surface area contributed by atoms with Crippen molar-refractivity contribution in [3.05, 3.63) is 33.9 Å². The first kappa shape index (κ1) is 25.6. The fourth-order valence-corrected chi connectivity index (χ4v) is 7.10. The van der Waals surface area contributed by atoms with Crippen LogP contribution in [-0.2, 0) is 15.9 Å². The zero-order valence-electron chi connectivity index (χ0n) is 22.3. The van der Waals surface area contributed by atoms with E-state index in [-0.39, 0.29) is 30.4 Å². The van der Waals surface area contributed by atoms with Crippen LogP contribution in [0.15, 0.2) is 22.7 Å². The largest absolute Gasteiger partial charge is 0.445 e. The Bertz CT molecular complexity index is 1180. The third-order valence-electron chi connectivity index (χ3n) is 8.34. The maximum Gasteiger partial charge on any atom is 0.419 e. The van der Waals surface area contributed by atoms with E-state index in [0.717, 1.165) is 52.3 Å². The van der Waals surface area contributed by atoms with Crippen LogP contribution in [0.3, 0.4) is 0 Å². The van der Waals surface area contributed by atoms with E-state index in [1.807, 2.05) is 42.4 Å². The van der Waals surface area contributed by atoms with Crippen molar-refractivity contribution in [2.24, 2.45) is 17.8 Å². The predicted octanol–water partition coefficient (Wildman–Crippen LogP) is 7.85. The van der Waals surface area contributed by atoms with Gasteiger partial charge in [0.25, 0.3) is 0 Å². The smallest absolute Gasteiger partial charge is 0.419 e. The third-order valence-corrected chi connectivity index (χ3v) is 8.83. The lowest BCUT2D eigenvalue weighted by molar-refractivity contribution is 0.00630. The highest BCUT2D eigenvalue weighted by Crippen LogP contribution is 2.49. The van der Waals surface area contributed by atoms with E-state index < -0.39 is 5.60 Å². The SMILES string of the molecule is CC(C)[C@@H]1CC[C@@H](C)C[C@H]1OC(=O)n1c2c(c3cc(Br)ccc31)C1CCC(C2)N1C(=O)OC(C)(C)C. The zero-order chi connectivity index (χ0) is 25.9. The minimum absolute atomic E-state index is 0.0229. The zero-order valence-corrected chi connectivity index (χ0v) is 23.9. The maximum absolute atomic E-state index is 13.9. The quantitative estimate of drug-likeness (QED) is 0.376. The number of halogens is 1. The molecule has 2 bridgehead atoms. The summed E-state index contributed by atoms with van der Waals surface area (Å²) in [6, 6.07) is 5.96. The van der Waals surface area contributed by atoms with Crippen LogP contribution in [0.25, 0.3) is 10.9 Å². The Balaban J connectivity index is 1.54. The average molecular weight is 560 g/mol. The highest BCUT2D eigenvalue weighted by Gasteiger charge is 2.47. The first-order chi connectivity index (χ1) is 16.9. The molecule has 7 heteroatoms. The summed E-state index contributed by atoms with van der Waals surface area (Å²) in [6.45, 7) is 12.4. The number of nitrogens with zero attached hydrogens (tertiary/aromatic N) is 2. The van der Waals surface area contributed by atoms with Gasteiger partial charge in [-0.15, -0.1) is 0 Å². The van der Waals surface area contributed by atoms with Crippen LogP contribution >= 0.6 is 15.9 Å². The van der Waals surface area contributed by atoms with Crippen molar-refractivity contribution in [1.82, 2.24) is 9.47 Å². The summed E-state index contributed by atoms with van der Waals surface area (Å²) in [5, 5.41) is 1.01. The number of hydrogen-bond donors (Lipinski definition) is 0. The van der Waals surface area contributed by atoms with E-state index in [0.29, 0.717) is 24.2 Å². The third kappa shape index (κ3) is 4.57. The summed E-state index contributed by atoms with van der Waals surface area (Å²) >= 11 is 3.62. The van der Waals surface area contributed by atoms with Gasteiger partial charge in [-0.25, -0.2) is 14.2 Å². The Labute approximate surface area is 222 Å². The van der Waals surface area contributed by atoms with Gasteiger partial charge in [0.1, 0.15) is 11.7 Å². The predicted molar refractivity (Wildman–Crippen MR) is 144 cm³/mol. The van der Waals surface area contributed by atoms with Crippen LogP contribution in [0.1, 0.15) is 90.9 Å². The standard InChI is InChI=1S/C29H39BrN2O4/c1-16(2)20-10-7-17(3)13-25(20)35-27(33)32-22-11-8-18(30)14-21(22)26-23-12-9-19(15-24(26)32)31(23)28(34)36-29(4,5)6/h8,11,14,16-17,19-20,23,25H,7,9-10,12-13,15H2,1-6H3/t17-,19?,20+,23?,25-/m1/s1. The average Bonchev–Trinajstić information content (AvgIpc) is 3.25. The molecule has 2 unspecified atom stereocenters. The van der Waals surface area contributed by atoms with Crippen molar-refractivity contribution in [1.29, 1.82) is 0 Å². The second kappa shape index (κ2) is 9.38. The van der Waals surface area contributed by atoms with E-state index in [9.17, 15) is 9.59 Å². The Morgan fingerprint density at radius 2 is 1.83 bits per heavy atom. The van der Waals surface area contributed by atoms with E-state index >= 15 is 0 Å². The summed E-state index contributed by atoms with van der Waals surface area (Å²) in [5.41, 5.74) is 2.36. The van der Waals surface area contributed by atoms with Crippen LogP contribution in [0.5, 0.6) is 0 Å². The molecule has 5 rings (SSSR count). The van der Waals surface area contributed by atoms with Crippen LogP contribution < -0.4 is 0 Å². The van der Waals surface area contributed by atoms with Crippen molar-refractivity contribution in [2.45, 2.75) is 104 Å². The van der Waals surface area contributed by atoms with E-state index in [4.69, 9.17) is 9.47 Å². The monoisotopic (exact) mass is 558 g/mol. The Morgan fingerprint density at radius 1 is 1.08 bits per heavy atom. The molecule has 1 amide bonds. The Morgan fingerprint density at radius 3 is 2.53 bits per heavy atom. The molecule has 36 heavy (non-hydrogen) atoms. The molecule has 1 aromatic carbocycles. The summed E-state index contributed by atoms with van der Waals surface area (Å²) in [5.74, 6) is 1.41. The van der Waals surface area contributed by atoms with Crippen LogP contribution in [0.2, 0.25) is 0 Å². The Kier molecular flexibility index (Phi) is 6.67. The Hall–Kier alpha value is -2.02. The van der Waals surface area contributed by atoms with Gasteiger partial charge in [0, 0.05) is 33.6 Å². The van der Waals surface area contributed by atoms with Crippen molar-refractivity contribution >= 4 is 39.0 Å². The fraction of sp³-hybridized carbons (Fsp3) is 0.655. The molecule has 2 fully saturated rings. The first-order valence-corrected chi connectivity index (χ1v) is 14.3.